The van der Waals surface area contributed by atoms with Crippen molar-refractivity contribution in [3.05, 3.63) is 59.7 Å². The van der Waals surface area contributed by atoms with Gasteiger partial charge < -0.3 is 15.0 Å². The number of rotatable bonds is 6. The first-order valence-corrected chi connectivity index (χ1v) is 9.47. The molecule has 1 N–H and O–H groups in total. The van der Waals surface area contributed by atoms with Gasteiger partial charge in [0.15, 0.2) is 6.10 Å². The van der Waals surface area contributed by atoms with E-state index >= 15 is 0 Å². The topological polar surface area (TPSA) is 41.6 Å². The zero-order chi connectivity index (χ0) is 18.4. The minimum atomic E-state index is -0.524. The number of hydrogen-bond acceptors (Lipinski definition) is 3. The number of aryl methyl sites for hydroxylation is 1. The molecule has 3 rings (SSSR count). The van der Waals surface area contributed by atoms with Crippen molar-refractivity contribution < 1.29 is 9.53 Å². The highest BCUT2D eigenvalue weighted by Crippen LogP contribution is 2.20. The number of nitrogens with one attached hydrogen (secondary N) is 1. The quantitative estimate of drug-likeness (QED) is 0.852. The van der Waals surface area contributed by atoms with E-state index in [1.54, 1.807) is 6.92 Å². The van der Waals surface area contributed by atoms with Crippen molar-refractivity contribution in [2.45, 2.75) is 45.8 Å². The van der Waals surface area contributed by atoms with Gasteiger partial charge in [0.2, 0.25) is 0 Å². The van der Waals surface area contributed by atoms with Crippen LogP contribution in [0, 0.1) is 6.92 Å². The van der Waals surface area contributed by atoms with E-state index < -0.39 is 6.10 Å². The lowest BCUT2D eigenvalue weighted by molar-refractivity contribution is -0.127. The number of ether oxygens (including phenoxy) is 1. The average molecular weight is 352 g/mol. The predicted octanol–water partition coefficient (Wildman–Crippen LogP) is 4.07. The fraction of sp³-hybridized carbons (Fsp3) is 0.409. The Morgan fingerprint density at radius 3 is 2.54 bits per heavy atom. The van der Waals surface area contributed by atoms with Gasteiger partial charge in [-0.3, -0.25) is 4.79 Å². The Labute approximate surface area is 156 Å². The third-order valence-electron chi connectivity index (χ3n) is 4.80. The molecular weight excluding hydrogens is 324 g/mol. The van der Waals surface area contributed by atoms with Gasteiger partial charge in [0.25, 0.3) is 5.91 Å². The number of piperidine rings is 1. The van der Waals surface area contributed by atoms with Crippen LogP contribution in [0.3, 0.4) is 0 Å². The molecule has 1 aliphatic rings. The number of anilines is 1. The van der Waals surface area contributed by atoms with Crippen LogP contribution < -0.4 is 15.0 Å². The molecule has 0 bridgehead atoms. The van der Waals surface area contributed by atoms with Gasteiger partial charge in [-0.2, -0.15) is 0 Å². The van der Waals surface area contributed by atoms with Gasteiger partial charge in [0.05, 0.1) is 0 Å². The first-order valence-electron chi connectivity index (χ1n) is 9.47. The number of carbonyl (C=O) groups excluding carboxylic acids is 1. The Morgan fingerprint density at radius 1 is 1.12 bits per heavy atom. The van der Waals surface area contributed by atoms with Crippen molar-refractivity contribution in [3.63, 3.8) is 0 Å². The van der Waals surface area contributed by atoms with Gasteiger partial charge in [-0.05, 0) is 68.5 Å². The Morgan fingerprint density at radius 2 is 1.85 bits per heavy atom. The fourth-order valence-electron chi connectivity index (χ4n) is 3.26. The average Bonchev–Trinajstić information content (AvgIpc) is 2.67. The molecule has 0 saturated carbocycles. The molecule has 2 aromatic carbocycles. The summed E-state index contributed by atoms with van der Waals surface area (Å²) in [6, 6.07) is 16.2. The molecule has 0 aliphatic carbocycles. The zero-order valence-corrected chi connectivity index (χ0v) is 15.7. The summed E-state index contributed by atoms with van der Waals surface area (Å²) in [5.41, 5.74) is 3.49. The van der Waals surface area contributed by atoms with Crippen LogP contribution in [0.1, 0.15) is 37.3 Å². The minimum absolute atomic E-state index is 0.105. The molecule has 0 unspecified atom stereocenters. The van der Waals surface area contributed by atoms with Crippen LogP contribution in [-0.2, 0) is 11.3 Å². The van der Waals surface area contributed by atoms with Crippen molar-refractivity contribution in [1.82, 2.24) is 5.32 Å². The summed E-state index contributed by atoms with van der Waals surface area (Å²) < 4.78 is 5.73. The van der Waals surface area contributed by atoms with Crippen LogP contribution in [0.15, 0.2) is 48.5 Å². The van der Waals surface area contributed by atoms with Gasteiger partial charge in [-0.25, -0.2) is 0 Å². The molecule has 1 saturated heterocycles. The second-order valence-corrected chi connectivity index (χ2v) is 7.01. The van der Waals surface area contributed by atoms with Crippen LogP contribution in [0.5, 0.6) is 5.75 Å². The van der Waals surface area contributed by atoms with Crippen LogP contribution in [-0.4, -0.2) is 25.1 Å². The summed E-state index contributed by atoms with van der Waals surface area (Å²) in [5.74, 6) is 0.616. The molecule has 138 valence electrons. The van der Waals surface area contributed by atoms with Crippen LogP contribution in [0.4, 0.5) is 5.69 Å². The summed E-state index contributed by atoms with van der Waals surface area (Å²) in [5, 5.41) is 2.96. The largest absolute Gasteiger partial charge is 0.481 e. The van der Waals surface area contributed by atoms with Crippen molar-refractivity contribution in [2.75, 3.05) is 18.0 Å². The number of amides is 1. The van der Waals surface area contributed by atoms with Crippen molar-refractivity contribution in [1.29, 1.82) is 0 Å². The van der Waals surface area contributed by atoms with Crippen LogP contribution in [0.25, 0.3) is 0 Å². The predicted molar refractivity (Wildman–Crippen MR) is 106 cm³/mol. The zero-order valence-electron chi connectivity index (χ0n) is 15.7. The highest BCUT2D eigenvalue weighted by atomic mass is 16.5. The maximum absolute atomic E-state index is 12.3. The molecule has 1 atom stereocenters. The Bertz CT molecular complexity index is 721. The Hall–Kier alpha value is -2.49. The van der Waals surface area contributed by atoms with Crippen molar-refractivity contribution in [2.24, 2.45) is 0 Å². The van der Waals surface area contributed by atoms with E-state index in [1.807, 2.05) is 31.2 Å². The van der Waals surface area contributed by atoms with Gasteiger partial charge in [0.1, 0.15) is 5.75 Å². The van der Waals surface area contributed by atoms with Crippen molar-refractivity contribution >= 4 is 11.6 Å². The van der Waals surface area contributed by atoms with E-state index in [0.717, 1.165) is 30.0 Å². The Balaban J connectivity index is 1.49. The summed E-state index contributed by atoms with van der Waals surface area (Å²) in [6.45, 7) is 6.58. The first kappa shape index (κ1) is 18.3. The lowest BCUT2D eigenvalue weighted by Crippen LogP contribution is -2.35. The molecule has 26 heavy (non-hydrogen) atoms. The second-order valence-electron chi connectivity index (χ2n) is 7.01. The van der Waals surface area contributed by atoms with Crippen LogP contribution >= 0.6 is 0 Å². The smallest absolute Gasteiger partial charge is 0.261 e. The molecular formula is C22H28N2O2. The summed E-state index contributed by atoms with van der Waals surface area (Å²) >= 11 is 0. The summed E-state index contributed by atoms with van der Waals surface area (Å²) in [6.07, 6.45) is 3.36. The molecule has 2 aromatic rings. The highest BCUT2D eigenvalue weighted by molar-refractivity contribution is 5.80. The monoisotopic (exact) mass is 352 g/mol. The molecule has 0 spiro atoms. The normalized spacial score (nSPS) is 15.4. The third-order valence-corrected chi connectivity index (χ3v) is 4.80. The molecule has 4 heteroatoms. The molecule has 1 fully saturated rings. The molecule has 4 nitrogen and oxygen atoms in total. The molecule has 0 radical (unpaired) electrons. The third kappa shape index (κ3) is 5.01. The lowest BCUT2D eigenvalue weighted by Gasteiger charge is -2.28. The van der Waals surface area contributed by atoms with E-state index in [4.69, 9.17) is 4.74 Å². The standard InChI is InChI=1S/C22H28N2O2/c1-17-7-6-8-21(15-17)26-18(2)22(25)23-16-19-9-11-20(12-10-19)24-13-4-3-5-14-24/h6-12,15,18H,3-5,13-14,16H2,1-2H3,(H,23,25)/t18-/m1/s1. The minimum Gasteiger partial charge on any atom is -0.481 e. The first-order chi connectivity index (χ1) is 12.6. The maximum atomic E-state index is 12.3. The van der Waals surface area contributed by atoms with E-state index in [0.29, 0.717) is 6.54 Å². The number of hydrogen-bond donors (Lipinski definition) is 1. The van der Waals surface area contributed by atoms with Gasteiger partial charge in [-0.15, -0.1) is 0 Å². The van der Waals surface area contributed by atoms with E-state index in [2.05, 4.69) is 34.5 Å². The van der Waals surface area contributed by atoms with Gasteiger partial charge in [0, 0.05) is 25.3 Å². The highest BCUT2D eigenvalue weighted by Gasteiger charge is 2.15. The number of carbonyl (C=O) groups is 1. The van der Waals surface area contributed by atoms with Crippen LogP contribution in [0.2, 0.25) is 0 Å². The van der Waals surface area contributed by atoms with E-state index in [-0.39, 0.29) is 5.91 Å². The summed E-state index contributed by atoms with van der Waals surface area (Å²) in [4.78, 5) is 14.7. The fourth-order valence-corrected chi connectivity index (χ4v) is 3.26. The molecule has 1 amide bonds. The summed E-state index contributed by atoms with van der Waals surface area (Å²) in [7, 11) is 0. The number of nitrogens with zero attached hydrogens (tertiary/aromatic N) is 1. The Kier molecular flexibility index (Phi) is 6.16. The molecule has 0 aromatic heterocycles. The molecule has 1 aliphatic heterocycles. The number of benzene rings is 2. The lowest BCUT2D eigenvalue weighted by atomic mass is 10.1. The van der Waals surface area contributed by atoms with Gasteiger partial charge >= 0.3 is 0 Å². The molecule has 1 heterocycles. The van der Waals surface area contributed by atoms with E-state index in [9.17, 15) is 4.79 Å². The van der Waals surface area contributed by atoms with Crippen molar-refractivity contribution in [3.8, 4) is 5.75 Å². The second kappa shape index (κ2) is 8.75. The van der Waals surface area contributed by atoms with E-state index in [1.165, 1.54) is 24.9 Å². The SMILES string of the molecule is Cc1cccc(O[C@H](C)C(=O)NCc2ccc(N3CCCCC3)cc2)c1. The van der Waals surface area contributed by atoms with Gasteiger partial charge in [-0.1, -0.05) is 24.3 Å². The maximum Gasteiger partial charge on any atom is 0.261 e.